The summed E-state index contributed by atoms with van der Waals surface area (Å²) in [6.45, 7) is 0. The first-order valence-corrected chi connectivity index (χ1v) is 6.38. The van der Waals surface area contributed by atoms with Crippen molar-refractivity contribution in [1.82, 2.24) is 10.2 Å². The summed E-state index contributed by atoms with van der Waals surface area (Å²) in [5.74, 6) is -0.400. The van der Waals surface area contributed by atoms with E-state index in [1.165, 1.54) is 7.11 Å². The number of H-pyrrole nitrogens is 1. The van der Waals surface area contributed by atoms with Crippen LogP contribution in [0.5, 0.6) is 0 Å². The van der Waals surface area contributed by atoms with Crippen LogP contribution in [0.1, 0.15) is 10.4 Å². The van der Waals surface area contributed by atoms with Crippen molar-refractivity contribution in [3.8, 4) is 11.1 Å². The summed E-state index contributed by atoms with van der Waals surface area (Å²) in [5.41, 5.74) is 2.95. The molecule has 0 aliphatic heterocycles. The number of carbonyl (C=O) groups excluding carboxylic acids is 1. The van der Waals surface area contributed by atoms with Crippen molar-refractivity contribution in [2.45, 2.75) is 0 Å². The van der Waals surface area contributed by atoms with Gasteiger partial charge < -0.3 is 4.74 Å². The number of fused-ring (bicyclic) bond motifs is 1. The second-order valence-corrected chi connectivity index (χ2v) is 4.80. The van der Waals surface area contributed by atoms with Gasteiger partial charge in [0.25, 0.3) is 0 Å². The van der Waals surface area contributed by atoms with Crippen LogP contribution in [-0.2, 0) is 4.74 Å². The zero-order valence-electron chi connectivity index (χ0n) is 10.7. The third-order valence-electron chi connectivity index (χ3n) is 3.11. The van der Waals surface area contributed by atoms with Gasteiger partial charge in [-0.2, -0.15) is 5.10 Å². The van der Waals surface area contributed by atoms with Crippen molar-refractivity contribution < 1.29 is 9.53 Å². The van der Waals surface area contributed by atoms with Crippen molar-refractivity contribution in [3.63, 3.8) is 0 Å². The Morgan fingerprint density at radius 3 is 2.85 bits per heavy atom. The number of benzene rings is 2. The van der Waals surface area contributed by atoms with Crippen LogP contribution in [0.4, 0.5) is 0 Å². The summed E-state index contributed by atoms with van der Waals surface area (Å²) in [6.07, 6.45) is 1.68. The zero-order chi connectivity index (χ0) is 14.1. The fourth-order valence-electron chi connectivity index (χ4n) is 2.16. The molecule has 0 unspecified atom stereocenters. The minimum Gasteiger partial charge on any atom is -0.465 e. The molecule has 4 nitrogen and oxygen atoms in total. The molecule has 0 amide bonds. The first-order chi connectivity index (χ1) is 9.69. The van der Waals surface area contributed by atoms with Crippen molar-refractivity contribution in [1.29, 1.82) is 0 Å². The van der Waals surface area contributed by atoms with Crippen LogP contribution in [0.15, 0.2) is 42.6 Å². The second kappa shape index (κ2) is 4.98. The Morgan fingerprint density at radius 1 is 1.25 bits per heavy atom. The molecule has 0 aliphatic rings. The van der Waals surface area contributed by atoms with Crippen molar-refractivity contribution in [2.24, 2.45) is 0 Å². The van der Waals surface area contributed by atoms with Crippen molar-refractivity contribution >= 4 is 28.5 Å². The minimum absolute atomic E-state index is 0.400. The number of halogens is 1. The summed E-state index contributed by atoms with van der Waals surface area (Å²) < 4.78 is 4.82. The normalized spacial score (nSPS) is 10.7. The molecule has 0 saturated carbocycles. The van der Waals surface area contributed by atoms with E-state index in [9.17, 15) is 4.79 Å². The summed E-state index contributed by atoms with van der Waals surface area (Å²) in [7, 11) is 1.36. The highest BCUT2D eigenvalue weighted by molar-refractivity contribution is 6.30. The van der Waals surface area contributed by atoms with Crippen LogP contribution in [0.2, 0.25) is 5.02 Å². The first kappa shape index (κ1) is 12.7. The lowest BCUT2D eigenvalue weighted by molar-refractivity contribution is 0.0603. The lowest BCUT2D eigenvalue weighted by Crippen LogP contribution is -2.02. The van der Waals surface area contributed by atoms with E-state index in [-0.39, 0.29) is 0 Å². The number of nitrogens with one attached hydrogen (secondary N) is 1. The summed E-state index contributed by atoms with van der Waals surface area (Å²) in [5, 5.41) is 8.29. The maximum absolute atomic E-state index is 11.9. The molecule has 0 fully saturated rings. The molecule has 0 aliphatic carbocycles. The van der Waals surface area contributed by atoms with Gasteiger partial charge in [0.15, 0.2) is 0 Å². The van der Waals surface area contributed by atoms with E-state index in [1.807, 2.05) is 30.3 Å². The average Bonchev–Trinajstić information content (AvgIpc) is 2.93. The highest BCUT2D eigenvalue weighted by atomic mass is 35.5. The summed E-state index contributed by atoms with van der Waals surface area (Å²) in [4.78, 5) is 11.9. The first-order valence-electron chi connectivity index (χ1n) is 6.00. The molecule has 1 N–H and O–H groups in total. The molecule has 0 spiro atoms. The molecule has 3 rings (SSSR count). The number of rotatable bonds is 2. The number of methoxy groups -OCH3 is 1. The van der Waals surface area contributed by atoms with Gasteiger partial charge in [0.05, 0.1) is 24.4 Å². The number of esters is 1. The predicted molar refractivity (Wildman–Crippen MR) is 77.9 cm³/mol. The number of carbonyl (C=O) groups is 1. The fourth-order valence-corrected chi connectivity index (χ4v) is 2.35. The fraction of sp³-hybridized carbons (Fsp3) is 0.0667. The van der Waals surface area contributed by atoms with Crippen LogP contribution in [-0.4, -0.2) is 23.3 Å². The van der Waals surface area contributed by atoms with E-state index in [4.69, 9.17) is 16.3 Å². The SMILES string of the molecule is COC(=O)c1cc(-c2cccc(Cl)c2)cc2cn[nH]c12. The van der Waals surface area contributed by atoms with Crippen LogP contribution in [0, 0.1) is 0 Å². The highest BCUT2D eigenvalue weighted by Gasteiger charge is 2.14. The van der Waals surface area contributed by atoms with Crippen molar-refractivity contribution in [2.75, 3.05) is 7.11 Å². The Hall–Kier alpha value is -2.33. The number of nitrogens with zero attached hydrogens (tertiary/aromatic N) is 1. The van der Waals surface area contributed by atoms with Gasteiger partial charge >= 0.3 is 5.97 Å². The molecule has 0 radical (unpaired) electrons. The maximum Gasteiger partial charge on any atom is 0.340 e. The molecule has 0 bridgehead atoms. The third-order valence-corrected chi connectivity index (χ3v) is 3.35. The van der Waals surface area contributed by atoms with Gasteiger partial charge in [-0.3, -0.25) is 5.10 Å². The Kier molecular flexibility index (Phi) is 3.16. The predicted octanol–water partition coefficient (Wildman–Crippen LogP) is 3.67. The molecule has 2 aromatic carbocycles. The highest BCUT2D eigenvalue weighted by Crippen LogP contribution is 2.28. The molecule has 0 saturated heterocycles. The van der Waals surface area contributed by atoms with E-state index in [0.717, 1.165) is 16.5 Å². The quantitative estimate of drug-likeness (QED) is 0.731. The molecule has 0 atom stereocenters. The Balaban J connectivity index is 2.24. The van der Waals surface area contributed by atoms with E-state index < -0.39 is 5.97 Å². The summed E-state index contributed by atoms with van der Waals surface area (Å²) >= 11 is 6.01. The third kappa shape index (κ3) is 2.14. The molecule has 1 heterocycles. The van der Waals surface area contributed by atoms with Gasteiger partial charge in [-0.15, -0.1) is 0 Å². The minimum atomic E-state index is -0.400. The lowest BCUT2D eigenvalue weighted by Gasteiger charge is -2.06. The zero-order valence-corrected chi connectivity index (χ0v) is 11.4. The van der Waals surface area contributed by atoms with Crippen LogP contribution in [0.3, 0.4) is 0 Å². The van der Waals surface area contributed by atoms with Crippen LogP contribution in [0.25, 0.3) is 22.0 Å². The molecule has 5 heteroatoms. The average molecular weight is 287 g/mol. The van der Waals surface area contributed by atoms with Gasteiger partial charge in [-0.05, 0) is 35.4 Å². The molecular formula is C15H11ClN2O2. The van der Waals surface area contributed by atoms with E-state index >= 15 is 0 Å². The Bertz CT molecular complexity index is 795. The second-order valence-electron chi connectivity index (χ2n) is 4.36. The number of hydrogen-bond donors (Lipinski definition) is 1. The number of aromatic nitrogens is 2. The van der Waals surface area contributed by atoms with E-state index in [0.29, 0.717) is 16.1 Å². The van der Waals surface area contributed by atoms with Crippen LogP contribution < -0.4 is 0 Å². The van der Waals surface area contributed by atoms with Gasteiger partial charge in [-0.25, -0.2) is 4.79 Å². The van der Waals surface area contributed by atoms with Crippen molar-refractivity contribution in [3.05, 3.63) is 53.2 Å². The smallest absolute Gasteiger partial charge is 0.340 e. The maximum atomic E-state index is 11.9. The van der Waals surface area contributed by atoms with Gasteiger partial charge in [0.2, 0.25) is 0 Å². The molecule has 100 valence electrons. The van der Waals surface area contributed by atoms with Gasteiger partial charge in [0, 0.05) is 10.4 Å². The number of hydrogen-bond acceptors (Lipinski definition) is 3. The van der Waals surface area contributed by atoms with Gasteiger partial charge in [0.1, 0.15) is 0 Å². The monoisotopic (exact) mass is 286 g/mol. The molecular weight excluding hydrogens is 276 g/mol. The topological polar surface area (TPSA) is 55.0 Å². The summed E-state index contributed by atoms with van der Waals surface area (Å²) in [6, 6.07) is 11.2. The van der Waals surface area contributed by atoms with E-state index in [1.54, 1.807) is 12.3 Å². The molecule has 1 aromatic heterocycles. The largest absolute Gasteiger partial charge is 0.465 e. The molecule has 3 aromatic rings. The Labute approximate surface area is 120 Å². The molecule has 20 heavy (non-hydrogen) atoms. The standard InChI is InChI=1S/C15H11ClN2O2/c1-20-15(19)13-7-10(5-11-8-17-18-14(11)13)9-3-2-4-12(16)6-9/h2-8H,1H3,(H,17,18). The lowest BCUT2D eigenvalue weighted by atomic mass is 10.0. The van der Waals surface area contributed by atoms with Gasteiger partial charge in [-0.1, -0.05) is 23.7 Å². The van der Waals surface area contributed by atoms with Crippen LogP contribution >= 0.6 is 11.6 Å². The van der Waals surface area contributed by atoms with E-state index in [2.05, 4.69) is 10.2 Å². The Morgan fingerprint density at radius 2 is 2.10 bits per heavy atom. The number of aromatic amines is 1. The number of ether oxygens (including phenoxy) is 1.